The third-order valence-corrected chi connectivity index (χ3v) is 5.60. The van der Waals surface area contributed by atoms with Crippen molar-refractivity contribution >= 4 is 5.91 Å². The first-order chi connectivity index (χ1) is 13.7. The lowest BCUT2D eigenvalue weighted by molar-refractivity contribution is -0.129. The van der Waals surface area contributed by atoms with E-state index in [2.05, 4.69) is 18.2 Å². The number of benzene rings is 2. The molecule has 1 aliphatic heterocycles. The number of hydrogen-bond acceptors (Lipinski definition) is 4. The predicted octanol–water partition coefficient (Wildman–Crippen LogP) is 3.94. The summed E-state index contributed by atoms with van der Waals surface area (Å²) < 4.78 is 16.6. The summed E-state index contributed by atoms with van der Waals surface area (Å²) in [4.78, 5) is 14.7. The Labute approximate surface area is 166 Å². The van der Waals surface area contributed by atoms with Gasteiger partial charge in [0, 0.05) is 19.5 Å². The van der Waals surface area contributed by atoms with Crippen LogP contribution in [0.15, 0.2) is 36.4 Å². The predicted molar refractivity (Wildman–Crippen MR) is 107 cm³/mol. The van der Waals surface area contributed by atoms with E-state index in [0.29, 0.717) is 18.9 Å². The maximum atomic E-state index is 12.8. The Hall–Kier alpha value is -2.69. The zero-order valence-electron chi connectivity index (χ0n) is 16.6. The molecule has 0 saturated heterocycles. The van der Waals surface area contributed by atoms with E-state index in [-0.39, 0.29) is 12.7 Å². The molecular weight excluding hydrogens is 354 g/mol. The van der Waals surface area contributed by atoms with Gasteiger partial charge in [0.2, 0.25) is 12.7 Å². The molecule has 148 valence electrons. The summed E-state index contributed by atoms with van der Waals surface area (Å²) in [7, 11) is 1.90. The Balaban J connectivity index is 1.43. The third-order valence-electron chi connectivity index (χ3n) is 5.60. The number of carbonyl (C=O) groups is 1. The van der Waals surface area contributed by atoms with E-state index in [1.807, 2.05) is 37.1 Å². The summed E-state index contributed by atoms with van der Waals surface area (Å²) >= 11 is 0. The Bertz CT molecular complexity index is 864. The molecule has 28 heavy (non-hydrogen) atoms. The lowest BCUT2D eigenvalue weighted by Crippen LogP contribution is -2.33. The van der Waals surface area contributed by atoms with Gasteiger partial charge in [-0.25, -0.2) is 0 Å². The van der Waals surface area contributed by atoms with Crippen LogP contribution in [0.25, 0.3) is 0 Å². The molecule has 0 aromatic heterocycles. The van der Waals surface area contributed by atoms with Crippen LogP contribution in [0.3, 0.4) is 0 Å². The van der Waals surface area contributed by atoms with Crippen LogP contribution in [0.1, 0.15) is 42.4 Å². The first-order valence-corrected chi connectivity index (χ1v) is 10.0. The van der Waals surface area contributed by atoms with Crippen molar-refractivity contribution in [2.75, 3.05) is 27.0 Å². The number of nitrogens with zero attached hydrogens (tertiary/aromatic N) is 1. The minimum atomic E-state index is 0.118. The summed E-state index contributed by atoms with van der Waals surface area (Å²) in [5.41, 5.74) is 3.60. The summed E-state index contributed by atoms with van der Waals surface area (Å²) in [6, 6.07) is 12.0. The molecule has 1 amide bonds. The van der Waals surface area contributed by atoms with Crippen LogP contribution in [0, 0.1) is 0 Å². The average molecular weight is 381 g/mol. The molecule has 2 aromatic rings. The van der Waals surface area contributed by atoms with Gasteiger partial charge in [0.25, 0.3) is 0 Å². The molecule has 0 fully saturated rings. The third kappa shape index (κ3) is 3.79. The number of ether oxygens (including phenoxy) is 3. The maximum Gasteiger partial charge on any atom is 0.231 e. The molecule has 0 spiro atoms. The molecule has 1 atom stereocenters. The number of carbonyl (C=O) groups excluding carboxylic acids is 1. The zero-order valence-corrected chi connectivity index (χ0v) is 16.6. The molecule has 1 aliphatic carbocycles. The second-order valence-corrected chi connectivity index (χ2v) is 7.48. The van der Waals surface area contributed by atoms with Crippen molar-refractivity contribution in [3.8, 4) is 17.2 Å². The average Bonchev–Trinajstić information content (AvgIpc) is 3.16. The number of rotatable bonds is 6. The molecular formula is C23H27NO4. The van der Waals surface area contributed by atoms with Crippen molar-refractivity contribution in [2.45, 2.75) is 38.5 Å². The highest BCUT2D eigenvalue weighted by Gasteiger charge is 2.25. The van der Waals surface area contributed by atoms with Crippen LogP contribution >= 0.6 is 0 Å². The van der Waals surface area contributed by atoms with Gasteiger partial charge in [0.1, 0.15) is 5.75 Å². The fourth-order valence-corrected chi connectivity index (χ4v) is 4.19. The van der Waals surface area contributed by atoms with Crippen molar-refractivity contribution in [3.63, 3.8) is 0 Å². The lowest BCUT2D eigenvalue weighted by atomic mass is 9.82. The van der Waals surface area contributed by atoms with E-state index in [1.165, 1.54) is 11.1 Å². The smallest absolute Gasteiger partial charge is 0.231 e. The van der Waals surface area contributed by atoms with E-state index in [0.717, 1.165) is 48.6 Å². The fourth-order valence-electron chi connectivity index (χ4n) is 4.19. The Morgan fingerprint density at radius 1 is 1.21 bits per heavy atom. The molecule has 2 aromatic carbocycles. The monoisotopic (exact) mass is 381 g/mol. The van der Waals surface area contributed by atoms with E-state index < -0.39 is 0 Å². The van der Waals surface area contributed by atoms with Gasteiger partial charge in [-0.1, -0.05) is 18.2 Å². The largest absolute Gasteiger partial charge is 0.494 e. The molecule has 1 unspecified atom stereocenters. The SMILES string of the molecule is CCOc1cccc2c1CCCC2CN(C)C(=O)Cc1ccc2c(c1)OCO2. The minimum absolute atomic E-state index is 0.118. The van der Waals surface area contributed by atoms with Crippen LogP contribution < -0.4 is 14.2 Å². The highest BCUT2D eigenvalue weighted by atomic mass is 16.7. The van der Waals surface area contributed by atoms with E-state index in [1.54, 1.807) is 0 Å². The van der Waals surface area contributed by atoms with Gasteiger partial charge in [0.15, 0.2) is 11.5 Å². The van der Waals surface area contributed by atoms with Crippen molar-refractivity contribution in [2.24, 2.45) is 0 Å². The first-order valence-electron chi connectivity index (χ1n) is 10.0. The van der Waals surface area contributed by atoms with Gasteiger partial charge in [-0.05, 0) is 61.1 Å². The zero-order chi connectivity index (χ0) is 19.5. The highest BCUT2D eigenvalue weighted by molar-refractivity contribution is 5.79. The van der Waals surface area contributed by atoms with Crippen LogP contribution in [0.4, 0.5) is 0 Å². The number of hydrogen-bond donors (Lipinski definition) is 0. The van der Waals surface area contributed by atoms with Crippen LogP contribution in [0.2, 0.25) is 0 Å². The number of likely N-dealkylation sites (N-methyl/N-ethyl adjacent to an activating group) is 1. The van der Waals surface area contributed by atoms with Crippen LogP contribution in [0.5, 0.6) is 17.2 Å². The second kappa shape index (κ2) is 8.13. The van der Waals surface area contributed by atoms with E-state index >= 15 is 0 Å². The van der Waals surface area contributed by atoms with Gasteiger partial charge in [-0.2, -0.15) is 0 Å². The molecule has 0 radical (unpaired) electrons. The van der Waals surface area contributed by atoms with Crippen molar-refractivity contribution in [1.82, 2.24) is 4.90 Å². The summed E-state index contributed by atoms with van der Waals surface area (Å²) in [6.07, 6.45) is 3.65. The normalized spacial score (nSPS) is 17.1. The molecule has 0 N–H and O–H groups in total. The van der Waals surface area contributed by atoms with Gasteiger partial charge in [-0.3, -0.25) is 4.79 Å². The maximum absolute atomic E-state index is 12.8. The van der Waals surface area contributed by atoms with Crippen LogP contribution in [-0.2, 0) is 17.6 Å². The van der Waals surface area contributed by atoms with Crippen molar-refractivity contribution < 1.29 is 19.0 Å². The standard InChI is InChI=1S/C23H27NO4/c1-3-26-20-9-5-7-18-17(6-4-8-19(18)20)14-24(2)23(25)13-16-10-11-21-22(12-16)28-15-27-21/h5,7,9-12,17H,3-4,6,8,13-15H2,1-2H3. The topological polar surface area (TPSA) is 48.0 Å². The summed E-state index contributed by atoms with van der Waals surface area (Å²) in [6.45, 7) is 3.67. The summed E-state index contributed by atoms with van der Waals surface area (Å²) in [5, 5.41) is 0. The van der Waals surface area contributed by atoms with Gasteiger partial charge >= 0.3 is 0 Å². The minimum Gasteiger partial charge on any atom is -0.494 e. The Kier molecular flexibility index (Phi) is 5.42. The van der Waals surface area contributed by atoms with Crippen molar-refractivity contribution in [1.29, 1.82) is 0 Å². The fraction of sp³-hybridized carbons (Fsp3) is 0.435. The van der Waals surface area contributed by atoms with Crippen molar-refractivity contribution in [3.05, 3.63) is 53.1 Å². The van der Waals surface area contributed by atoms with E-state index in [4.69, 9.17) is 14.2 Å². The van der Waals surface area contributed by atoms with E-state index in [9.17, 15) is 4.79 Å². The molecule has 1 heterocycles. The van der Waals surface area contributed by atoms with Gasteiger partial charge in [0.05, 0.1) is 13.0 Å². The Morgan fingerprint density at radius 2 is 2.07 bits per heavy atom. The molecule has 5 nitrogen and oxygen atoms in total. The Morgan fingerprint density at radius 3 is 2.93 bits per heavy atom. The highest BCUT2D eigenvalue weighted by Crippen LogP contribution is 2.37. The number of fused-ring (bicyclic) bond motifs is 2. The molecule has 0 saturated carbocycles. The molecule has 5 heteroatoms. The first kappa shape index (κ1) is 18.7. The molecule has 4 rings (SSSR count). The van der Waals surface area contributed by atoms with Gasteiger partial charge < -0.3 is 19.1 Å². The summed E-state index contributed by atoms with van der Waals surface area (Å²) in [5.74, 6) is 2.94. The van der Waals surface area contributed by atoms with Gasteiger partial charge in [-0.15, -0.1) is 0 Å². The lowest BCUT2D eigenvalue weighted by Gasteiger charge is -2.30. The molecule has 0 bridgehead atoms. The molecule has 2 aliphatic rings. The quantitative estimate of drug-likeness (QED) is 0.761. The van der Waals surface area contributed by atoms with Crippen LogP contribution in [-0.4, -0.2) is 37.8 Å². The number of amides is 1. The second-order valence-electron chi connectivity index (χ2n) is 7.48.